The van der Waals surface area contributed by atoms with Crippen LogP contribution in [0.2, 0.25) is 0 Å². The summed E-state index contributed by atoms with van der Waals surface area (Å²) in [6, 6.07) is 12.9. The van der Waals surface area contributed by atoms with E-state index in [1.807, 2.05) is 0 Å². The number of nitrogens with one attached hydrogen (secondary N) is 2. The van der Waals surface area contributed by atoms with Gasteiger partial charge in [0.2, 0.25) is 10.0 Å². The molecule has 28 heavy (non-hydrogen) atoms. The second-order valence-corrected chi connectivity index (χ2v) is 8.84. The molecule has 0 atom stereocenters. The highest BCUT2D eigenvalue weighted by atomic mass is 32.2. The molecule has 0 spiro atoms. The fourth-order valence-electron chi connectivity index (χ4n) is 2.35. The molecule has 7 nitrogen and oxygen atoms in total. The van der Waals surface area contributed by atoms with Gasteiger partial charge in [-0.05, 0) is 69.3 Å². The van der Waals surface area contributed by atoms with E-state index in [1.165, 1.54) is 24.3 Å². The predicted molar refractivity (Wildman–Crippen MR) is 107 cm³/mol. The summed E-state index contributed by atoms with van der Waals surface area (Å²) in [6.45, 7) is 5.91. The molecule has 0 bridgehead atoms. The maximum Gasteiger partial charge on any atom is 0.251 e. The highest BCUT2D eigenvalue weighted by Crippen LogP contribution is 2.17. The van der Waals surface area contributed by atoms with Crippen molar-refractivity contribution < 1.29 is 22.7 Å². The minimum absolute atomic E-state index is 0.113. The largest absolute Gasteiger partial charge is 0.497 e. The summed E-state index contributed by atoms with van der Waals surface area (Å²) in [6.07, 6.45) is 0. The molecule has 2 aromatic rings. The first kappa shape index (κ1) is 21.7. The monoisotopic (exact) mass is 406 g/mol. The Labute approximate surface area is 166 Å². The van der Waals surface area contributed by atoms with Crippen molar-refractivity contribution in [1.29, 1.82) is 0 Å². The van der Waals surface area contributed by atoms with Crippen LogP contribution in [-0.4, -0.2) is 40.1 Å². The Kier molecular flexibility index (Phi) is 7.04. The number of amides is 1. The summed E-state index contributed by atoms with van der Waals surface area (Å²) < 4.78 is 37.7. The van der Waals surface area contributed by atoms with Crippen LogP contribution in [0.3, 0.4) is 0 Å². The summed E-state index contributed by atoms with van der Waals surface area (Å²) in [5.41, 5.74) is -0.210. The molecule has 2 rings (SSSR count). The highest BCUT2D eigenvalue weighted by Gasteiger charge is 2.22. The maximum atomic E-state index is 12.3. The molecule has 0 saturated heterocycles. The Morgan fingerprint density at radius 1 is 0.964 bits per heavy atom. The molecule has 0 saturated carbocycles. The van der Waals surface area contributed by atoms with Crippen LogP contribution in [0.1, 0.15) is 31.1 Å². The van der Waals surface area contributed by atoms with E-state index in [0.717, 1.165) is 5.75 Å². The van der Waals surface area contributed by atoms with Gasteiger partial charge >= 0.3 is 0 Å². The molecular weight excluding hydrogens is 380 g/mol. The van der Waals surface area contributed by atoms with E-state index in [-0.39, 0.29) is 10.8 Å². The average Bonchev–Trinajstić information content (AvgIpc) is 2.64. The summed E-state index contributed by atoms with van der Waals surface area (Å²) in [5.74, 6) is 1.12. The Bertz CT molecular complexity index is 886. The SMILES string of the molecule is COc1ccc(OCCNC(=O)c2ccc(S(=O)(=O)NC(C)(C)C)cc2)cc1. The lowest BCUT2D eigenvalue weighted by Crippen LogP contribution is -2.40. The van der Waals surface area contributed by atoms with Crippen molar-refractivity contribution in [2.45, 2.75) is 31.2 Å². The number of rotatable bonds is 8. The van der Waals surface area contributed by atoms with E-state index in [2.05, 4.69) is 10.0 Å². The third kappa shape index (κ3) is 6.54. The van der Waals surface area contributed by atoms with E-state index < -0.39 is 15.6 Å². The van der Waals surface area contributed by atoms with Gasteiger partial charge in [-0.2, -0.15) is 0 Å². The smallest absolute Gasteiger partial charge is 0.251 e. The van der Waals surface area contributed by atoms with Crippen molar-refractivity contribution in [3.05, 3.63) is 54.1 Å². The molecule has 2 N–H and O–H groups in total. The summed E-state index contributed by atoms with van der Waals surface area (Å²) >= 11 is 0. The van der Waals surface area contributed by atoms with Crippen molar-refractivity contribution in [1.82, 2.24) is 10.0 Å². The zero-order valence-electron chi connectivity index (χ0n) is 16.5. The molecule has 0 aromatic heterocycles. The van der Waals surface area contributed by atoms with Gasteiger partial charge in [0.1, 0.15) is 18.1 Å². The second kappa shape index (κ2) is 9.07. The van der Waals surface area contributed by atoms with Gasteiger partial charge in [-0.1, -0.05) is 0 Å². The second-order valence-electron chi connectivity index (χ2n) is 7.16. The molecule has 0 heterocycles. The van der Waals surface area contributed by atoms with Crippen LogP contribution in [0, 0.1) is 0 Å². The first-order chi connectivity index (χ1) is 13.1. The van der Waals surface area contributed by atoms with E-state index in [0.29, 0.717) is 24.5 Å². The predicted octanol–water partition coefficient (Wildman–Crippen LogP) is 2.58. The van der Waals surface area contributed by atoms with E-state index in [9.17, 15) is 13.2 Å². The molecule has 2 aromatic carbocycles. The number of carbonyl (C=O) groups excluding carboxylic acids is 1. The van der Waals surface area contributed by atoms with Crippen LogP contribution in [0.4, 0.5) is 0 Å². The van der Waals surface area contributed by atoms with E-state index >= 15 is 0 Å². The lowest BCUT2D eigenvalue weighted by atomic mass is 10.1. The molecule has 152 valence electrons. The molecule has 0 radical (unpaired) electrons. The molecular formula is C20H26N2O5S. The zero-order valence-corrected chi connectivity index (χ0v) is 17.3. The summed E-state index contributed by atoms with van der Waals surface area (Å²) in [5, 5.41) is 2.73. The number of ether oxygens (including phenoxy) is 2. The van der Waals surface area contributed by atoms with Gasteiger partial charge in [0.25, 0.3) is 5.91 Å². The first-order valence-corrected chi connectivity index (χ1v) is 10.3. The van der Waals surface area contributed by atoms with Crippen LogP contribution in [0.25, 0.3) is 0 Å². The summed E-state index contributed by atoms with van der Waals surface area (Å²) in [4.78, 5) is 12.3. The van der Waals surface area contributed by atoms with Crippen molar-refractivity contribution >= 4 is 15.9 Å². The number of hydrogen-bond acceptors (Lipinski definition) is 5. The first-order valence-electron chi connectivity index (χ1n) is 8.80. The van der Waals surface area contributed by atoms with E-state index in [1.54, 1.807) is 52.1 Å². The number of sulfonamides is 1. The quantitative estimate of drug-likeness (QED) is 0.657. The lowest BCUT2D eigenvalue weighted by molar-refractivity contribution is 0.0947. The lowest BCUT2D eigenvalue weighted by Gasteiger charge is -2.20. The Morgan fingerprint density at radius 3 is 2.07 bits per heavy atom. The van der Waals surface area contributed by atoms with Crippen molar-refractivity contribution in [2.24, 2.45) is 0 Å². The van der Waals surface area contributed by atoms with Crippen LogP contribution >= 0.6 is 0 Å². The highest BCUT2D eigenvalue weighted by molar-refractivity contribution is 7.89. The van der Waals surface area contributed by atoms with Crippen molar-refractivity contribution in [3.8, 4) is 11.5 Å². The van der Waals surface area contributed by atoms with Gasteiger partial charge in [-0.15, -0.1) is 0 Å². The fraction of sp³-hybridized carbons (Fsp3) is 0.350. The molecule has 0 aliphatic rings. The summed E-state index contributed by atoms with van der Waals surface area (Å²) in [7, 11) is -2.04. The molecule has 0 unspecified atom stereocenters. The third-order valence-corrected chi connectivity index (χ3v) is 5.36. The van der Waals surface area contributed by atoms with Crippen LogP contribution in [-0.2, 0) is 10.0 Å². The van der Waals surface area contributed by atoms with Gasteiger partial charge in [0.15, 0.2) is 0 Å². The third-order valence-electron chi connectivity index (χ3n) is 3.58. The zero-order chi connectivity index (χ0) is 20.8. The molecule has 0 fully saturated rings. The van der Waals surface area contributed by atoms with Crippen LogP contribution in [0.5, 0.6) is 11.5 Å². The van der Waals surface area contributed by atoms with Crippen molar-refractivity contribution in [2.75, 3.05) is 20.3 Å². The Balaban J connectivity index is 1.85. The molecule has 0 aliphatic heterocycles. The van der Waals surface area contributed by atoms with Crippen LogP contribution < -0.4 is 19.5 Å². The number of hydrogen-bond donors (Lipinski definition) is 2. The minimum Gasteiger partial charge on any atom is -0.497 e. The standard InChI is InChI=1S/C20H26N2O5S/c1-20(2,3)22-28(24,25)18-11-5-15(6-12-18)19(23)21-13-14-27-17-9-7-16(26-4)8-10-17/h5-12,22H,13-14H2,1-4H3,(H,21,23). The molecule has 1 amide bonds. The average molecular weight is 407 g/mol. The fourth-order valence-corrected chi connectivity index (χ4v) is 3.77. The Hall–Kier alpha value is -2.58. The van der Waals surface area contributed by atoms with Gasteiger partial charge in [0.05, 0.1) is 18.6 Å². The molecule has 8 heteroatoms. The van der Waals surface area contributed by atoms with E-state index in [4.69, 9.17) is 9.47 Å². The van der Waals surface area contributed by atoms with Crippen LogP contribution in [0.15, 0.2) is 53.4 Å². The van der Waals surface area contributed by atoms with Crippen molar-refractivity contribution in [3.63, 3.8) is 0 Å². The van der Waals surface area contributed by atoms with Gasteiger partial charge < -0.3 is 14.8 Å². The Morgan fingerprint density at radius 2 is 1.54 bits per heavy atom. The topological polar surface area (TPSA) is 93.7 Å². The van der Waals surface area contributed by atoms with Gasteiger partial charge in [-0.25, -0.2) is 13.1 Å². The van der Waals surface area contributed by atoms with Gasteiger partial charge in [-0.3, -0.25) is 4.79 Å². The minimum atomic E-state index is -3.63. The maximum absolute atomic E-state index is 12.3. The number of benzene rings is 2. The normalized spacial score (nSPS) is 11.7. The number of carbonyl (C=O) groups is 1. The van der Waals surface area contributed by atoms with Gasteiger partial charge in [0, 0.05) is 11.1 Å². The molecule has 0 aliphatic carbocycles. The number of methoxy groups -OCH3 is 1.